The number of hydrogen-bond donors (Lipinski definition) is 2. The molecule has 0 bridgehead atoms. The molecule has 6 heteroatoms. The SMILES string of the molecule is CC(=O)Oc1cccc(C(=O)Nc2ccc(NC(=O)CC(C)C)cc2)c1. The van der Waals surface area contributed by atoms with Crippen molar-refractivity contribution in [2.45, 2.75) is 27.2 Å². The van der Waals surface area contributed by atoms with Crippen LogP contribution in [0.4, 0.5) is 11.4 Å². The number of carbonyl (C=O) groups is 3. The first-order valence-electron chi connectivity index (χ1n) is 8.33. The van der Waals surface area contributed by atoms with Crippen molar-refractivity contribution >= 4 is 29.2 Å². The van der Waals surface area contributed by atoms with Gasteiger partial charge in [0, 0.05) is 30.3 Å². The first kappa shape index (κ1) is 19.2. The summed E-state index contributed by atoms with van der Waals surface area (Å²) in [5.41, 5.74) is 1.64. The summed E-state index contributed by atoms with van der Waals surface area (Å²) < 4.78 is 4.98. The molecule has 0 aromatic heterocycles. The van der Waals surface area contributed by atoms with Crippen molar-refractivity contribution in [3.8, 4) is 5.75 Å². The van der Waals surface area contributed by atoms with Crippen molar-refractivity contribution in [3.63, 3.8) is 0 Å². The molecule has 2 aromatic rings. The fraction of sp³-hybridized carbons (Fsp3) is 0.250. The smallest absolute Gasteiger partial charge is 0.308 e. The standard InChI is InChI=1S/C20H22N2O4/c1-13(2)11-19(24)21-16-7-9-17(10-8-16)22-20(25)15-5-4-6-18(12-15)26-14(3)23/h4-10,12-13H,11H2,1-3H3,(H,21,24)(H,22,25). The number of benzene rings is 2. The number of carbonyl (C=O) groups excluding carboxylic acids is 3. The van der Waals surface area contributed by atoms with Gasteiger partial charge in [-0.3, -0.25) is 14.4 Å². The predicted molar refractivity (Wildman–Crippen MR) is 100 cm³/mol. The van der Waals surface area contributed by atoms with Gasteiger partial charge in [0.1, 0.15) is 5.75 Å². The lowest BCUT2D eigenvalue weighted by molar-refractivity contribution is -0.131. The molecule has 2 N–H and O–H groups in total. The first-order valence-corrected chi connectivity index (χ1v) is 8.33. The summed E-state index contributed by atoms with van der Waals surface area (Å²) in [4.78, 5) is 35.1. The first-order chi connectivity index (χ1) is 12.3. The highest BCUT2D eigenvalue weighted by molar-refractivity contribution is 6.04. The lowest BCUT2D eigenvalue weighted by atomic mass is 10.1. The molecule has 0 saturated carbocycles. The van der Waals surface area contributed by atoms with E-state index in [-0.39, 0.29) is 17.7 Å². The van der Waals surface area contributed by atoms with Crippen molar-refractivity contribution in [2.24, 2.45) is 5.92 Å². The number of esters is 1. The maximum atomic E-state index is 12.3. The topological polar surface area (TPSA) is 84.5 Å². The third-order valence-electron chi connectivity index (χ3n) is 3.38. The third-order valence-corrected chi connectivity index (χ3v) is 3.38. The monoisotopic (exact) mass is 354 g/mol. The number of hydrogen-bond acceptors (Lipinski definition) is 4. The molecule has 0 fully saturated rings. The molecule has 0 unspecified atom stereocenters. The summed E-state index contributed by atoms with van der Waals surface area (Å²) in [6.07, 6.45) is 0.456. The Balaban J connectivity index is 1.99. The van der Waals surface area contributed by atoms with Crippen LogP contribution in [-0.4, -0.2) is 17.8 Å². The molecule has 2 aromatic carbocycles. The molecule has 2 rings (SSSR count). The predicted octanol–water partition coefficient (Wildman–Crippen LogP) is 3.85. The third kappa shape index (κ3) is 6.05. The van der Waals surface area contributed by atoms with E-state index in [1.165, 1.54) is 13.0 Å². The quantitative estimate of drug-likeness (QED) is 0.609. The molecule has 0 aliphatic carbocycles. The zero-order valence-corrected chi connectivity index (χ0v) is 15.0. The van der Waals surface area contributed by atoms with Crippen LogP contribution in [-0.2, 0) is 9.59 Å². The van der Waals surface area contributed by atoms with E-state index in [4.69, 9.17) is 4.74 Å². The molecule has 0 heterocycles. The van der Waals surface area contributed by atoms with Crippen LogP contribution >= 0.6 is 0 Å². The molecule has 6 nitrogen and oxygen atoms in total. The second-order valence-corrected chi connectivity index (χ2v) is 6.30. The van der Waals surface area contributed by atoms with Crippen LogP contribution in [0, 0.1) is 5.92 Å². The summed E-state index contributed by atoms with van der Waals surface area (Å²) in [5, 5.41) is 5.57. The van der Waals surface area contributed by atoms with Gasteiger partial charge in [-0.2, -0.15) is 0 Å². The molecule has 0 spiro atoms. The van der Waals surface area contributed by atoms with Crippen molar-refractivity contribution in [1.82, 2.24) is 0 Å². The van der Waals surface area contributed by atoms with Gasteiger partial charge in [0.15, 0.2) is 0 Å². The molecule has 0 aliphatic rings. The van der Waals surface area contributed by atoms with Crippen LogP contribution in [0.1, 0.15) is 37.6 Å². The van der Waals surface area contributed by atoms with Crippen LogP contribution in [0.25, 0.3) is 0 Å². The molecule has 26 heavy (non-hydrogen) atoms. The fourth-order valence-electron chi connectivity index (χ4n) is 2.29. The Morgan fingerprint density at radius 2 is 1.58 bits per heavy atom. The van der Waals surface area contributed by atoms with Gasteiger partial charge < -0.3 is 15.4 Å². The van der Waals surface area contributed by atoms with Crippen LogP contribution in [0.2, 0.25) is 0 Å². The Morgan fingerprint density at radius 3 is 2.15 bits per heavy atom. The fourth-order valence-corrected chi connectivity index (χ4v) is 2.29. The Hall–Kier alpha value is -3.15. The second kappa shape index (κ2) is 8.80. The number of rotatable bonds is 6. The molecule has 0 saturated heterocycles. The second-order valence-electron chi connectivity index (χ2n) is 6.30. The maximum Gasteiger partial charge on any atom is 0.308 e. The van der Waals surface area contributed by atoms with Crippen LogP contribution in [0.5, 0.6) is 5.75 Å². The van der Waals surface area contributed by atoms with Crippen molar-refractivity contribution in [2.75, 3.05) is 10.6 Å². The summed E-state index contributed by atoms with van der Waals surface area (Å²) in [6.45, 7) is 5.26. The minimum atomic E-state index is -0.447. The van der Waals surface area contributed by atoms with E-state index in [1.54, 1.807) is 42.5 Å². The molecular formula is C20H22N2O4. The lowest BCUT2D eigenvalue weighted by Crippen LogP contribution is -2.14. The number of ether oxygens (including phenoxy) is 1. The number of nitrogens with one attached hydrogen (secondary N) is 2. The normalized spacial score (nSPS) is 10.3. The summed E-state index contributed by atoms with van der Waals surface area (Å²) in [5.74, 6) is -0.211. The van der Waals surface area contributed by atoms with E-state index in [0.717, 1.165) is 0 Å². The van der Waals surface area contributed by atoms with Crippen molar-refractivity contribution in [3.05, 3.63) is 54.1 Å². The van der Waals surface area contributed by atoms with Crippen molar-refractivity contribution < 1.29 is 19.1 Å². The van der Waals surface area contributed by atoms with Gasteiger partial charge in [-0.05, 0) is 48.4 Å². The highest BCUT2D eigenvalue weighted by Gasteiger charge is 2.09. The van der Waals surface area contributed by atoms with Gasteiger partial charge in [0.05, 0.1) is 0 Å². The average Bonchev–Trinajstić information content (AvgIpc) is 2.55. The molecular weight excluding hydrogens is 332 g/mol. The number of anilines is 2. The van der Waals surface area contributed by atoms with E-state index < -0.39 is 5.97 Å². The minimum absolute atomic E-state index is 0.0425. The minimum Gasteiger partial charge on any atom is -0.427 e. The Bertz CT molecular complexity index is 798. The van der Waals surface area contributed by atoms with E-state index in [0.29, 0.717) is 29.1 Å². The zero-order valence-electron chi connectivity index (χ0n) is 15.0. The summed E-state index contributed by atoms with van der Waals surface area (Å²) in [6, 6.07) is 13.2. The highest BCUT2D eigenvalue weighted by atomic mass is 16.5. The lowest BCUT2D eigenvalue weighted by Gasteiger charge is -2.09. The molecule has 2 amide bonds. The van der Waals surface area contributed by atoms with E-state index in [9.17, 15) is 14.4 Å². The Kier molecular flexibility index (Phi) is 6.49. The van der Waals surface area contributed by atoms with Crippen LogP contribution in [0.3, 0.4) is 0 Å². The molecule has 0 atom stereocenters. The maximum absolute atomic E-state index is 12.3. The van der Waals surface area contributed by atoms with Gasteiger partial charge in [-0.1, -0.05) is 19.9 Å². The Labute approximate surface area is 152 Å². The van der Waals surface area contributed by atoms with E-state index in [1.807, 2.05) is 13.8 Å². The van der Waals surface area contributed by atoms with Crippen molar-refractivity contribution in [1.29, 1.82) is 0 Å². The average molecular weight is 354 g/mol. The van der Waals surface area contributed by atoms with Gasteiger partial charge in [0.25, 0.3) is 5.91 Å². The summed E-state index contributed by atoms with van der Waals surface area (Å²) in [7, 11) is 0. The van der Waals surface area contributed by atoms with Gasteiger partial charge in [-0.15, -0.1) is 0 Å². The van der Waals surface area contributed by atoms with Crippen LogP contribution in [0.15, 0.2) is 48.5 Å². The molecule has 136 valence electrons. The van der Waals surface area contributed by atoms with Crippen LogP contribution < -0.4 is 15.4 Å². The Morgan fingerprint density at radius 1 is 0.962 bits per heavy atom. The highest BCUT2D eigenvalue weighted by Crippen LogP contribution is 2.18. The zero-order chi connectivity index (χ0) is 19.1. The summed E-state index contributed by atoms with van der Waals surface area (Å²) >= 11 is 0. The van der Waals surface area contributed by atoms with Gasteiger partial charge in [0.2, 0.25) is 5.91 Å². The van der Waals surface area contributed by atoms with E-state index in [2.05, 4.69) is 10.6 Å². The molecule has 0 radical (unpaired) electrons. The van der Waals surface area contributed by atoms with Gasteiger partial charge >= 0.3 is 5.97 Å². The number of amides is 2. The molecule has 0 aliphatic heterocycles. The van der Waals surface area contributed by atoms with E-state index >= 15 is 0 Å². The van der Waals surface area contributed by atoms with Gasteiger partial charge in [-0.25, -0.2) is 0 Å². The largest absolute Gasteiger partial charge is 0.427 e.